The van der Waals surface area contributed by atoms with Crippen LogP contribution in [0.4, 0.5) is 0 Å². The molecule has 6 heteroatoms. The summed E-state index contributed by atoms with van der Waals surface area (Å²) in [5.41, 5.74) is 0.606. The van der Waals surface area contributed by atoms with E-state index in [-0.39, 0.29) is 17.9 Å². The molecule has 1 aromatic rings. The lowest BCUT2D eigenvalue weighted by Crippen LogP contribution is -2.48. The molecular formula is C19H26ClN3O2. The minimum absolute atomic E-state index is 0.0116. The molecule has 1 saturated carbocycles. The van der Waals surface area contributed by atoms with Gasteiger partial charge in [0.2, 0.25) is 5.91 Å². The third kappa shape index (κ3) is 4.73. The number of amides is 2. The number of nitrogens with zero attached hydrogens (tertiary/aromatic N) is 2. The maximum absolute atomic E-state index is 13.0. The quantitative estimate of drug-likeness (QED) is 0.874. The van der Waals surface area contributed by atoms with Crippen LogP contribution in [0.5, 0.6) is 0 Å². The molecule has 1 saturated heterocycles. The highest BCUT2D eigenvalue weighted by Crippen LogP contribution is 2.26. The maximum Gasteiger partial charge on any atom is 0.254 e. The zero-order valence-corrected chi connectivity index (χ0v) is 15.3. The highest BCUT2D eigenvalue weighted by atomic mass is 35.5. The first kappa shape index (κ1) is 18.2. The molecule has 3 rings (SSSR count). The Morgan fingerprint density at radius 1 is 1.20 bits per heavy atom. The van der Waals surface area contributed by atoms with Gasteiger partial charge in [0, 0.05) is 55.8 Å². The normalized spacial score (nSPS) is 18.4. The van der Waals surface area contributed by atoms with Crippen LogP contribution in [0, 0.1) is 0 Å². The predicted octanol–water partition coefficient (Wildman–Crippen LogP) is 2.55. The average Bonchev–Trinajstić information content (AvgIpc) is 3.16. The Bertz CT molecular complexity index is 610. The van der Waals surface area contributed by atoms with E-state index >= 15 is 0 Å². The van der Waals surface area contributed by atoms with Crippen LogP contribution in [0.25, 0.3) is 0 Å². The van der Waals surface area contributed by atoms with Crippen molar-refractivity contribution in [3.8, 4) is 0 Å². The van der Waals surface area contributed by atoms with Gasteiger partial charge in [-0.05, 0) is 31.0 Å². The van der Waals surface area contributed by atoms with Gasteiger partial charge in [-0.1, -0.05) is 30.5 Å². The van der Waals surface area contributed by atoms with Crippen LogP contribution in [0.15, 0.2) is 24.3 Å². The predicted molar refractivity (Wildman–Crippen MR) is 98.8 cm³/mol. The van der Waals surface area contributed by atoms with Gasteiger partial charge in [-0.15, -0.1) is 0 Å². The molecule has 0 radical (unpaired) electrons. The molecule has 0 spiro atoms. The molecule has 1 aliphatic heterocycles. The number of hydrogen-bond acceptors (Lipinski definition) is 3. The fourth-order valence-electron chi connectivity index (χ4n) is 3.74. The van der Waals surface area contributed by atoms with Crippen molar-refractivity contribution >= 4 is 23.4 Å². The van der Waals surface area contributed by atoms with Gasteiger partial charge < -0.3 is 15.1 Å². The van der Waals surface area contributed by atoms with Crippen LogP contribution < -0.4 is 5.32 Å². The van der Waals surface area contributed by atoms with E-state index in [1.54, 1.807) is 24.3 Å². The van der Waals surface area contributed by atoms with E-state index in [4.69, 9.17) is 11.6 Å². The second-order valence-corrected chi connectivity index (χ2v) is 7.26. The number of carbonyl (C=O) groups is 2. The Labute approximate surface area is 154 Å². The molecule has 0 atom stereocenters. The van der Waals surface area contributed by atoms with Crippen molar-refractivity contribution in [2.24, 2.45) is 0 Å². The van der Waals surface area contributed by atoms with Crippen LogP contribution in [0.1, 0.15) is 42.5 Å². The summed E-state index contributed by atoms with van der Waals surface area (Å²) in [4.78, 5) is 29.3. The topological polar surface area (TPSA) is 52.7 Å². The van der Waals surface area contributed by atoms with Crippen molar-refractivity contribution in [3.05, 3.63) is 34.9 Å². The zero-order chi connectivity index (χ0) is 17.6. The fourth-order valence-corrected chi connectivity index (χ4v) is 3.93. The maximum atomic E-state index is 13.0. The van der Waals surface area contributed by atoms with Gasteiger partial charge in [-0.3, -0.25) is 9.59 Å². The van der Waals surface area contributed by atoms with Crippen LogP contribution in [0.3, 0.4) is 0 Å². The Balaban J connectivity index is 1.66. The van der Waals surface area contributed by atoms with Gasteiger partial charge in [0.25, 0.3) is 5.91 Å². The van der Waals surface area contributed by atoms with Gasteiger partial charge >= 0.3 is 0 Å². The van der Waals surface area contributed by atoms with Crippen molar-refractivity contribution in [1.29, 1.82) is 0 Å². The number of nitrogens with one attached hydrogen (secondary N) is 1. The number of halogens is 1. The smallest absolute Gasteiger partial charge is 0.254 e. The van der Waals surface area contributed by atoms with E-state index in [1.165, 1.54) is 0 Å². The first-order valence-electron chi connectivity index (χ1n) is 9.20. The summed E-state index contributed by atoms with van der Waals surface area (Å²) >= 11 is 6.04. The summed E-state index contributed by atoms with van der Waals surface area (Å²) in [6.07, 6.45) is 4.73. The molecule has 2 aliphatic rings. The van der Waals surface area contributed by atoms with Crippen LogP contribution in [-0.2, 0) is 4.79 Å². The Hall–Kier alpha value is -1.59. The molecule has 2 amide bonds. The van der Waals surface area contributed by atoms with Crippen molar-refractivity contribution in [2.45, 2.75) is 38.1 Å². The lowest BCUT2D eigenvalue weighted by atomic mass is 10.1. The summed E-state index contributed by atoms with van der Waals surface area (Å²) < 4.78 is 0. The molecule has 1 aromatic carbocycles. The van der Waals surface area contributed by atoms with Crippen molar-refractivity contribution < 1.29 is 9.59 Å². The van der Waals surface area contributed by atoms with Crippen molar-refractivity contribution in [3.63, 3.8) is 0 Å². The molecule has 0 bridgehead atoms. The second-order valence-electron chi connectivity index (χ2n) is 6.83. The molecule has 0 unspecified atom stereocenters. The van der Waals surface area contributed by atoms with E-state index in [0.717, 1.165) is 51.9 Å². The largest absolute Gasteiger partial charge is 0.340 e. The van der Waals surface area contributed by atoms with E-state index in [2.05, 4.69) is 5.32 Å². The summed E-state index contributed by atoms with van der Waals surface area (Å²) in [7, 11) is 0. The minimum Gasteiger partial charge on any atom is -0.340 e. The van der Waals surface area contributed by atoms with E-state index in [0.29, 0.717) is 23.6 Å². The molecule has 1 N–H and O–H groups in total. The van der Waals surface area contributed by atoms with Gasteiger partial charge in [0.05, 0.1) is 0 Å². The highest BCUT2D eigenvalue weighted by Gasteiger charge is 2.28. The lowest BCUT2D eigenvalue weighted by Gasteiger charge is -2.31. The van der Waals surface area contributed by atoms with Crippen LogP contribution >= 0.6 is 11.6 Å². The number of carbonyl (C=O) groups excluding carboxylic acids is 2. The molecular weight excluding hydrogens is 338 g/mol. The highest BCUT2D eigenvalue weighted by molar-refractivity contribution is 6.30. The Morgan fingerprint density at radius 3 is 2.60 bits per heavy atom. The van der Waals surface area contributed by atoms with Gasteiger partial charge in [0.1, 0.15) is 0 Å². The van der Waals surface area contributed by atoms with Gasteiger partial charge in [0.15, 0.2) is 0 Å². The van der Waals surface area contributed by atoms with Crippen LogP contribution in [0.2, 0.25) is 5.02 Å². The number of piperazine rings is 1. The summed E-state index contributed by atoms with van der Waals surface area (Å²) in [5, 5.41) is 3.82. The molecule has 25 heavy (non-hydrogen) atoms. The molecule has 0 aromatic heterocycles. The molecule has 5 nitrogen and oxygen atoms in total. The minimum atomic E-state index is -0.0116. The third-order valence-corrected chi connectivity index (χ3v) is 5.37. The third-order valence-electron chi connectivity index (χ3n) is 5.13. The van der Waals surface area contributed by atoms with Crippen LogP contribution in [-0.4, -0.2) is 60.4 Å². The lowest BCUT2D eigenvalue weighted by molar-refractivity contribution is -0.132. The molecule has 1 aliphatic carbocycles. The Kier molecular flexibility index (Phi) is 6.32. The number of benzene rings is 1. The second kappa shape index (κ2) is 8.68. The fraction of sp³-hybridized carbons (Fsp3) is 0.579. The Morgan fingerprint density at radius 2 is 1.92 bits per heavy atom. The number of hydrogen-bond donors (Lipinski definition) is 1. The van der Waals surface area contributed by atoms with E-state index < -0.39 is 0 Å². The molecule has 2 fully saturated rings. The molecule has 1 heterocycles. The van der Waals surface area contributed by atoms with E-state index in [1.807, 2.05) is 9.80 Å². The standard InChI is InChI=1S/C19H26ClN3O2/c20-16-5-3-4-15(14-16)19(25)23(17-6-1-2-7-17)11-8-18(24)22-12-9-21-10-13-22/h3-5,14,17,21H,1-2,6-13H2. The summed E-state index contributed by atoms with van der Waals surface area (Å²) in [6, 6.07) is 7.32. The summed E-state index contributed by atoms with van der Waals surface area (Å²) in [5.74, 6) is 0.130. The van der Waals surface area contributed by atoms with E-state index in [9.17, 15) is 9.59 Å². The first-order chi connectivity index (χ1) is 12.1. The van der Waals surface area contributed by atoms with Gasteiger partial charge in [-0.2, -0.15) is 0 Å². The molecule has 136 valence electrons. The first-order valence-corrected chi connectivity index (χ1v) is 9.58. The zero-order valence-electron chi connectivity index (χ0n) is 14.5. The van der Waals surface area contributed by atoms with Crippen molar-refractivity contribution in [1.82, 2.24) is 15.1 Å². The van der Waals surface area contributed by atoms with Gasteiger partial charge in [-0.25, -0.2) is 0 Å². The van der Waals surface area contributed by atoms with Crippen molar-refractivity contribution in [2.75, 3.05) is 32.7 Å². The number of rotatable bonds is 5. The monoisotopic (exact) mass is 363 g/mol. The summed E-state index contributed by atoms with van der Waals surface area (Å²) in [6.45, 7) is 3.69. The SMILES string of the molecule is O=C(CCN(C(=O)c1cccc(Cl)c1)C1CCCC1)N1CCNCC1. The average molecular weight is 364 g/mol.